The standard InChI is InChI=1S/C27H23NO3/c1-15-10-11-20(12-16(15)2)28-24(19-8-6-5-7-9-19)23-25(29)21-13-17(3)18(4)14-22(21)31-26(23)27(28)30/h5-14,24H,1-4H3. The van der Waals surface area contributed by atoms with Crippen LogP contribution in [0.5, 0.6) is 0 Å². The monoisotopic (exact) mass is 409 g/mol. The molecule has 1 aromatic heterocycles. The minimum absolute atomic E-state index is 0.132. The summed E-state index contributed by atoms with van der Waals surface area (Å²) in [5.74, 6) is -0.155. The molecule has 5 rings (SSSR count). The van der Waals surface area contributed by atoms with Crippen molar-refractivity contribution in [2.45, 2.75) is 33.7 Å². The molecule has 0 bridgehead atoms. The van der Waals surface area contributed by atoms with Gasteiger partial charge in [-0.3, -0.25) is 14.5 Å². The molecule has 4 heteroatoms. The molecule has 31 heavy (non-hydrogen) atoms. The van der Waals surface area contributed by atoms with Crippen LogP contribution in [0.15, 0.2) is 69.9 Å². The lowest BCUT2D eigenvalue weighted by molar-refractivity contribution is 0.0971. The number of aryl methyl sites for hydroxylation is 4. The van der Waals surface area contributed by atoms with Crippen molar-refractivity contribution in [1.82, 2.24) is 0 Å². The maximum Gasteiger partial charge on any atom is 0.295 e. The van der Waals surface area contributed by atoms with Gasteiger partial charge in [0.15, 0.2) is 5.43 Å². The Morgan fingerprint density at radius 3 is 2.16 bits per heavy atom. The maximum absolute atomic E-state index is 13.7. The van der Waals surface area contributed by atoms with E-state index in [-0.39, 0.29) is 17.1 Å². The second kappa shape index (κ2) is 6.95. The van der Waals surface area contributed by atoms with Gasteiger partial charge >= 0.3 is 0 Å². The summed E-state index contributed by atoms with van der Waals surface area (Å²) in [4.78, 5) is 29.0. The smallest absolute Gasteiger partial charge is 0.295 e. The van der Waals surface area contributed by atoms with Crippen LogP contribution >= 0.6 is 0 Å². The highest BCUT2D eigenvalue weighted by Crippen LogP contribution is 2.41. The first-order valence-corrected chi connectivity index (χ1v) is 10.4. The number of nitrogens with zero attached hydrogens (tertiary/aromatic N) is 1. The Bertz CT molecular complexity index is 1420. The Morgan fingerprint density at radius 2 is 1.45 bits per heavy atom. The highest BCUT2D eigenvalue weighted by molar-refractivity contribution is 6.10. The van der Waals surface area contributed by atoms with Crippen LogP contribution < -0.4 is 10.3 Å². The molecule has 4 nitrogen and oxygen atoms in total. The van der Waals surface area contributed by atoms with E-state index in [0.29, 0.717) is 16.5 Å². The van der Waals surface area contributed by atoms with E-state index >= 15 is 0 Å². The summed E-state index contributed by atoms with van der Waals surface area (Å²) < 4.78 is 6.10. The Kier molecular flexibility index (Phi) is 4.33. The first-order valence-electron chi connectivity index (χ1n) is 10.4. The van der Waals surface area contributed by atoms with Crippen LogP contribution in [0.2, 0.25) is 0 Å². The van der Waals surface area contributed by atoms with Crippen LogP contribution in [-0.4, -0.2) is 5.91 Å². The normalized spacial score (nSPS) is 15.5. The average molecular weight is 409 g/mol. The fourth-order valence-corrected chi connectivity index (χ4v) is 4.32. The Hall–Kier alpha value is -3.66. The molecule has 0 radical (unpaired) electrons. The van der Waals surface area contributed by atoms with E-state index in [2.05, 4.69) is 0 Å². The lowest BCUT2D eigenvalue weighted by Gasteiger charge is -2.25. The number of hydrogen-bond donors (Lipinski definition) is 0. The van der Waals surface area contributed by atoms with Crippen LogP contribution in [0.3, 0.4) is 0 Å². The predicted molar refractivity (Wildman–Crippen MR) is 123 cm³/mol. The van der Waals surface area contributed by atoms with E-state index in [4.69, 9.17) is 4.42 Å². The van der Waals surface area contributed by atoms with Crippen molar-refractivity contribution in [3.63, 3.8) is 0 Å². The molecule has 0 saturated heterocycles. The predicted octanol–water partition coefficient (Wildman–Crippen LogP) is 5.78. The summed E-state index contributed by atoms with van der Waals surface area (Å²) in [6.45, 7) is 8.00. The number of fused-ring (bicyclic) bond motifs is 2. The topological polar surface area (TPSA) is 50.5 Å². The van der Waals surface area contributed by atoms with Crippen LogP contribution in [0.4, 0.5) is 5.69 Å². The first kappa shape index (κ1) is 19.3. The van der Waals surface area contributed by atoms with Crippen LogP contribution in [0.25, 0.3) is 11.0 Å². The number of rotatable bonds is 2. The number of benzene rings is 3. The lowest BCUT2D eigenvalue weighted by Crippen LogP contribution is -2.29. The molecule has 1 atom stereocenters. The fourth-order valence-electron chi connectivity index (χ4n) is 4.32. The van der Waals surface area contributed by atoms with Crippen molar-refractivity contribution < 1.29 is 9.21 Å². The molecule has 3 aromatic carbocycles. The number of carbonyl (C=O) groups is 1. The molecule has 0 N–H and O–H groups in total. The SMILES string of the molecule is Cc1ccc(N2C(=O)c3oc4cc(C)c(C)cc4c(=O)c3C2c2ccccc2)cc1C. The molecule has 0 spiro atoms. The Morgan fingerprint density at radius 1 is 0.774 bits per heavy atom. The van der Waals surface area contributed by atoms with Gasteiger partial charge in [-0.15, -0.1) is 0 Å². The van der Waals surface area contributed by atoms with Crippen molar-refractivity contribution in [2.75, 3.05) is 4.90 Å². The van der Waals surface area contributed by atoms with Crippen molar-refractivity contribution in [3.05, 3.63) is 110 Å². The number of anilines is 1. The summed E-state index contributed by atoms with van der Waals surface area (Å²) in [5.41, 5.74) is 6.62. The van der Waals surface area contributed by atoms with Gasteiger partial charge in [0.2, 0.25) is 5.76 Å². The highest BCUT2D eigenvalue weighted by atomic mass is 16.3. The van der Waals surface area contributed by atoms with Crippen molar-refractivity contribution in [1.29, 1.82) is 0 Å². The zero-order valence-electron chi connectivity index (χ0n) is 18.0. The van der Waals surface area contributed by atoms with Gasteiger partial charge in [0.1, 0.15) is 5.58 Å². The average Bonchev–Trinajstić information content (AvgIpc) is 3.05. The molecular formula is C27H23NO3. The first-order chi connectivity index (χ1) is 14.9. The minimum Gasteiger partial charge on any atom is -0.450 e. The van der Waals surface area contributed by atoms with E-state index in [1.807, 2.05) is 88.4 Å². The van der Waals surface area contributed by atoms with Gasteiger partial charge < -0.3 is 4.42 Å². The molecule has 1 unspecified atom stereocenters. The van der Waals surface area contributed by atoms with Gasteiger partial charge in [0.05, 0.1) is 17.0 Å². The van der Waals surface area contributed by atoms with Crippen LogP contribution in [-0.2, 0) is 0 Å². The molecule has 0 aliphatic carbocycles. The Balaban J connectivity index is 1.83. The second-order valence-corrected chi connectivity index (χ2v) is 8.36. The lowest BCUT2D eigenvalue weighted by atomic mass is 9.97. The zero-order valence-corrected chi connectivity index (χ0v) is 18.0. The molecular weight excluding hydrogens is 386 g/mol. The largest absolute Gasteiger partial charge is 0.450 e. The van der Waals surface area contributed by atoms with E-state index < -0.39 is 6.04 Å². The van der Waals surface area contributed by atoms with E-state index in [1.165, 1.54) is 0 Å². The summed E-state index contributed by atoms with van der Waals surface area (Å²) in [7, 11) is 0. The highest BCUT2D eigenvalue weighted by Gasteiger charge is 2.43. The van der Waals surface area contributed by atoms with Gasteiger partial charge in [-0.05, 0) is 79.8 Å². The third kappa shape index (κ3) is 2.90. The third-order valence-corrected chi connectivity index (χ3v) is 6.37. The van der Waals surface area contributed by atoms with Crippen molar-refractivity contribution >= 4 is 22.6 Å². The van der Waals surface area contributed by atoms with Crippen molar-refractivity contribution in [2.24, 2.45) is 0 Å². The second-order valence-electron chi connectivity index (χ2n) is 8.36. The fraction of sp³-hybridized carbons (Fsp3) is 0.185. The van der Waals surface area contributed by atoms with E-state index in [9.17, 15) is 9.59 Å². The zero-order chi connectivity index (χ0) is 21.9. The molecule has 0 saturated carbocycles. The van der Waals surface area contributed by atoms with Gasteiger partial charge in [-0.25, -0.2) is 0 Å². The van der Waals surface area contributed by atoms with E-state index in [0.717, 1.165) is 33.5 Å². The van der Waals surface area contributed by atoms with Crippen molar-refractivity contribution in [3.8, 4) is 0 Å². The van der Waals surface area contributed by atoms with E-state index in [1.54, 1.807) is 4.90 Å². The molecule has 1 aliphatic rings. The quantitative estimate of drug-likeness (QED) is 0.422. The summed E-state index contributed by atoms with van der Waals surface area (Å²) in [6.07, 6.45) is 0. The molecule has 154 valence electrons. The molecule has 0 fully saturated rings. The minimum atomic E-state index is -0.534. The molecule has 1 aliphatic heterocycles. The summed E-state index contributed by atoms with van der Waals surface area (Å²) >= 11 is 0. The summed E-state index contributed by atoms with van der Waals surface area (Å²) in [5, 5.41) is 0.512. The third-order valence-electron chi connectivity index (χ3n) is 6.37. The van der Waals surface area contributed by atoms with Gasteiger partial charge in [-0.2, -0.15) is 0 Å². The summed E-state index contributed by atoms with van der Waals surface area (Å²) in [6, 6.07) is 18.8. The number of carbonyl (C=O) groups excluding carboxylic acids is 1. The van der Waals surface area contributed by atoms with Gasteiger partial charge in [0, 0.05) is 5.69 Å². The van der Waals surface area contributed by atoms with Gasteiger partial charge in [0.25, 0.3) is 5.91 Å². The number of amides is 1. The Labute approximate surface area is 180 Å². The molecule has 1 amide bonds. The molecule has 4 aromatic rings. The number of hydrogen-bond acceptors (Lipinski definition) is 3. The van der Waals surface area contributed by atoms with Gasteiger partial charge in [-0.1, -0.05) is 36.4 Å². The molecule has 2 heterocycles. The maximum atomic E-state index is 13.7. The van der Waals surface area contributed by atoms with Crippen LogP contribution in [0, 0.1) is 27.7 Å². The van der Waals surface area contributed by atoms with Crippen LogP contribution in [0.1, 0.15) is 50.0 Å².